The van der Waals surface area contributed by atoms with Gasteiger partial charge in [0.25, 0.3) is 0 Å². The van der Waals surface area contributed by atoms with Crippen LogP contribution in [0.2, 0.25) is 0 Å². The van der Waals surface area contributed by atoms with Gasteiger partial charge in [-0.1, -0.05) is 51.9 Å². The van der Waals surface area contributed by atoms with Crippen LogP contribution in [0, 0.1) is 17.8 Å². The lowest BCUT2D eigenvalue weighted by Gasteiger charge is -2.18. The van der Waals surface area contributed by atoms with Crippen molar-refractivity contribution in [2.45, 2.75) is 104 Å². The van der Waals surface area contributed by atoms with Crippen LogP contribution < -0.4 is 0 Å². The molecule has 1 unspecified atom stereocenters. The fourth-order valence-electron chi connectivity index (χ4n) is 4.18. The minimum absolute atomic E-state index is 0.0465. The first-order chi connectivity index (χ1) is 13.0. The summed E-state index contributed by atoms with van der Waals surface area (Å²) in [5.41, 5.74) is 0. The number of ether oxygens (including phenoxy) is 1. The Hall–Kier alpha value is -1.19. The molecule has 0 aromatic carbocycles. The van der Waals surface area contributed by atoms with Crippen molar-refractivity contribution in [3.8, 4) is 0 Å². The Labute approximate surface area is 165 Å². The lowest BCUT2D eigenvalue weighted by molar-refractivity contribution is -0.150. The summed E-state index contributed by atoms with van der Waals surface area (Å²) in [7, 11) is 0. The number of Topliss-reactive ketones (excluding diaryl/α,β-unsaturated/α-hetero) is 2. The predicted molar refractivity (Wildman–Crippen MR) is 108 cm³/mol. The zero-order valence-electron chi connectivity index (χ0n) is 17.8. The van der Waals surface area contributed by atoms with Gasteiger partial charge in [-0.25, -0.2) is 0 Å². The molecule has 0 spiro atoms. The fourth-order valence-corrected chi connectivity index (χ4v) is 4.18. The third-order valence-corrected chi connectivity index (χ3v) is 5.98. The summed E-state index contributed by atoms with van der Waals surface area (Å²) in [4.78, 5) is 35.9. The molecule has 1 fully saturated rings. The first-order valence-electron chi connectivity index (χ1n) is 11.2. The van der Waals surface area contributed by atoms with E-state index in [0.717, 1.165) is 32.1 Å². The fraction of sp³-hybridized carbons (Fsp3) is 0.870. The second-order valence-corrected chi connectivity index (χ2v) is 8.11. The van der Waals surface area contributed by atoms with Crippen molar-refractivity contribution in [2.24, 2.45) is 17.8 Å². The average molecular weight is 381 g/mol. The van der Waals surface area contributed by atoms with Crippen molar-refractivity contribution in [1.82, 2.24) is 0 Å². The van der Waals surface area contributed by atoms with Gasteiger partial charge >= 0.3 is 5.97 Å². The maximum Gasteiger partial charge on any atom is 0.316 e. The van der Waals surface area contributed by atoms with E-state index >= 15 is 0 Å². The molecule has 1 aliphatic carbocycles. The lowest BCUT2D eigenvalue weighted by atomic mass is 9.86. The highest BCUT2D eigenvalue weighted by Gasteiger charge is 2.33. The van der Waals surface area contributed by atoms with E-state index in [4.69, 9.17) is 4.74 Å². The predicted octanol–water partition coefficient (Wildman–Crippen LogP) is 5.66. The Balaban J connectivity index is 2.23. The number of carbonyl (C=O) groups is 3. The van der Waals surface area contributed by atoms with Gasteiger partial charge in [0.05, 0.1) is 6.61 Å². The van der Waals surface area contributed by atoms with Gasteiger partial charge in [-0.15, -0.1) is 0 Å². The summed E-state index contributed by atoms with van der Waals surface area (Å²) in [6, 6.07) is 0. The van der Waals surface area contributed by atoms with E-state index in [1.807, 2.05) is 0 Å². The molecule has 0 aromatic heterocycles. The third kappa shape index (κ3) is 9.03. The van der Waals surface area contributed by atoms with Crippen molar-refractivity contribution in [3.05, 3.63) is 0 Å². The molecule has 0 heterocycles. The molecule has 1 aliphatic rings. The molecule has 1 saturated carbocycles. The Kier molecular flexibility index (Phi) is 12.3. The molecule has 0 radical (unpaired) electrons. The van der Waals surface area contributed by atoms with Crippen molar-refractivity contribution < 1.29 is 19.1 Å². The first-order valence-corrected chi connectivity index (χ1v) is 11.2. The van der Waals surface area contributed by atoms with Gasteiger partial charge < -0.3 is 4.74 Å². The van der Waals surface area contributed by atoms with E-state index in [9.17, 15) is 14.4 Å². The summed E-state index contributed by atoms with van der Waals surface area (Å²) in [5.74, 6) is 0.0501. The SMILES string of the molecule is CCCCCCCC[C@H]1CCC(=O)[C@@H]1CCCCC(=O)C(C)C(=O)OCC. The zero-order valence-corrected chi connectivity index (χ0v) is 17.8. The molecule has 0 bridgehead atoms. The van der Waals surface area contributed by atoms with Gasteiger partial charge in [0.15, 0.2) is 0 Å². The zero-order chi connectivity index (χ0) is 20.1. The minimum atomic E-state index is -0.668. The average Bonchev–Trinajstić information content (AvgIpc) is 3.00. The van der Waals surface area contributed by atoms with E-state index in [2.05, 4.69) is 6.92 Å². The highest BCUT2D eigenvalue weighted by molar-refractivity contribution is 5.98. The lowest BCUT2D eigenvalue weighted by Crippen LogP contribution is -2.23. The summed E-state index contributed by atoms with van der Waals surface area (Å²) in [6.07, 6.45) is 13.7. The largest absolute Gasteiger partial charge is 0.465 e. The van der Waals surface area contributed by atoms with Crippen LogP contribution in [-0.2, 0) is 19.1 Å². The number of hydrogen-bond donors (Lipinski definition) is 0. The molecule has 3 atom stereocenters. The van der Waals surface area contributed by atoms with E-state index in [1.165, 1.54) is 44.9 Å². The van der Waals surface area contributed by atoms with Crippen LogP contribution in [0.15, 0.2) is 0 Å². The molecule has 4 nitrogen and oxygen atoms in total. The second kappa shape index (κ2) is 13.9. The van der Waals surface area contributed by atoms with E-state index in [1.54, 1.807) is 13.8 Å². The van der Waals surface area contributed by atoms with Gasteiger partial charge in [-0.3, -0.25) is 14.4 Å². The van der Waals surface area contributed by atoms with Crippen LogP contribution in [0.5, 0.6) is 0 Å². The molecule has 4 heteroatoms. The molecule has 0 saturated heterocycles. The Morgan fingerprint density at radius 1 is 1.00 bits per heavy atom. The molecule has 156 valence electrons. The second-order valence-electron chi connectivity index (χ2n) is 8.11. The van der Waals surface area contributed by atoms with Gasteiger partial charge in [0.1, 0.15) is 17.5 Å². The maximum absolute atomic E-state index is 12.2. The minimum Gasteiger partial charge on any atom is -0.465 e. The number of unbranched alkanes of at least 4 members (excludes halogenated alkanes) is 6. The topological polar surface area (TPSA) is 60.4 Å². The van der Waals surface area contributed by atoms with Gasteiger partial charge in [-0.2, -0.15) is 0 Å². The van der Waals surface area contributed by atoms with Crippen LogP contribution in [0.4, 0.5) is 0 Å². The van der Waals surface area contributed by atoms with Crippen molar-refractivity contribution >= 4 is 17.5 Å². The van der Waals surface area contributed by atoms with Crippen molar-refractivity contribution in [1.29, 1.82) is 0 Å². The number of rotatable bonds is 15. The molecular formula is C23H40O4. The van der Waals surface area contributed by atoms with Gasteiger partial charge in [0, 0.05) is 18.8 Å². The summed E-state index contributed by atoms with van der Waals surface area (Å²) < 4.78 is 4.90. The Morgan fingerprint density at radius 3 is 2.37 bits per heavy atom. The number of hydrogen-bond acceptors (Lipinski definition) is 4. The molecule has 0 N–H and O–H groups in total. The summed E-state index contributed by atoms with van der Waals surface area (Å²) >= 11 is 0. The highest BCUT2D eigenvalue weighted by atomic mass is 16.5. The molecular weight excluding hydrogens is 340 g/mol. The standard InChI is InChI=1S/C23H40O4/c1-4-6-7-8-9-10-13-19-16-17-22(25)20(19)14-11-12-15-21(24)18(3)23(26)27-5-2/h18-20H,4-17H2,1-3H3/t18?,19-,20+/m0/s1. The van der Waals surface area contributed by atoms with Crippen LogP contribution in [0.3, 0.4) is 0 Å². The van der Waals surface area contributed by atoms with E-state index in [0.29, 0.717) is 24.7 Å². The van der Waals surface area contributed by atoms with Crippen LogP contribution in [0.25, 0.3) is 0 Å². The molecule has 0 amide bonds. The summed E-state index contributed by atoms with van der Waals surface area (Å²) in [6.45, 7) is 5.91. The number of esters is 1. The summed E-state index contributed by atoms with van der Waals surface area (Å²) in [5, 5.41) is 0. The van der Waals surface area contributed by atoms with Crippen molar-refractivity contribution in [3.63, 3.8) is 0 Å². The number of carbonyl (C=O) groups excluding carboxylic acids is 3. The third-order valence-electron chi connectivity index (χ3n) is 5.98. The van der Waals surface area contributed by atoms with Gasteiger partial charge in [-0.05, 0) is 45.4 Å². The van der Waals surface area contributed by atoms with Crippen molar-refractivity contribution in [2.75, 3.05) is 6.61 Å². The molecule has 0 aliphatic heterocycles. The smallest absolute Gasteiger partial charge is 0.316 e. The normalized spacial score (nSPS) is 20.6. The van der Waals surface area contributed by atoms with Crippen LogP contribution in [0.1, 0.15) is 104 Å². The monoisotopic (exact) mass is 380 g/mol. The maximum atomic E-state index is 12.2. The van der Waals surface area contributed by atoms with Gasteiger partial charge in [0.2, 0.25) is 0 Å². The quantitative estimate of drug-likeness (QED) is 0.209. The number of ketones is 2. The Bertz CT molecular complexity index is 457. The highest BCUT2D eigenvalue weighted by Crippen LogP contribution is 2.36. The Morgan fingerprint density at radius 2 is 1.67 bits per heavy atom. The van der Waals surface area contributed by atoms with E-state index in [-0.39, 0.29) is 11.7 Å². The molecule has 0 aromatic rings. The molecule has 1 rings (SSSR count). The first kappa shape index (κ1) is 23.8. The van der Waals surface area contributed by atoms with Crippen LogP contribution in [-0.4, -0.2) is 24.1 Å². The van der Waals surface area contributed by atoms with Crippen LogP contribution >= 0.6 is 0 Å². The molecule has 27 heavy (non-hydrogen) atoms. The van der Waals surface area contributed by atoms with E-state index < -0.39 is 11.9 Å².